The lowest BCUT2D eigenvalue weighted by Crippen LogP contribution is -2.43. The van der Waals surface area contributed by atoms with Crippen molar-refractivity contribution in [3.63, 3.8) is 0 Å². The van der Waals surface area contributed by atoms with Gasteiger partial charge in [0.05, 0.1) is 0 Å². The van der Waals surface area contributed by atoms with Gasteiger partial charge < -0.3 is 0 Å². The zero-order chi connectivity index (χ0) is 19.0. The molecule has 0 aromatic rings. The van der Waals surface area contributed by atoms with Gasteiger partial charge in [0.1, 0.15) is 0 Å². The van der Waals surface area contributed by atoms with Gasteiger partial charge in [0.25, 0.3) is 0 Å². The highest BCUT2D eigenvalue weighted by Gasteiger charge is 2.99. The highest BCUT2D eigenvalue weighted by atomic mass is 31.2. The predicted molar refractivity (Wildman–Crippen MR) is 127 cm³/mol. The molecule has 28 heavy (non-hydrogen) atoms. The van der Waals surface area contributed by atoms with Crippen LogP contribution < -0.4 is 0 Å². The molecule has 5 aliphatic heterocycles. The fourth-order valence-corrected chi connectivity index (χ4v) is 31.0. The maximum atomic E-state index is 2.94. The normalized spacial score (nSPS) is 55.3. The van der Waals surface area contributed by atoms with Crippen LogP contribution in [0.2, 0.25) is 0 Å². The van der Waals surface area contributed by atoms with Gasteiger partial charge >= 0.3 is 0 Å². The lowest BCUT2D eigenvalue weighted by atomic mass is 9.74. The molecule has 0 spiro atoms. The van der Waals surface area contributed by atoms with Crippen LogP contribution in [0.25, 0.3) is 0 Å². The van der Waals surface area contributed by atoms with Crippen LogP contribution in [0.4, 0.5) is 0 Å². The first-order valence-electron chi connectivity index (χ1n) is 12.2. The van der Waals surface area contributed by atoms with Crippen LogP contribution in [0.1, 0.15) is 97.8 Å². The number of rotatable bonds is 3. The third-order valence-electron chi connectivity index (χ3n) is 11.1. The van der Waals surface area contributed by atoms with Gasteiger partial charge in [-0.05, 0) is 54.8 Å². The lowest BCUT2D eigenvalue weighted by molar-refractivity contribution is 0.232. The Morgan fingerprint density at radius 3 is 1.32 bits per heavy atom. The van der Waals surface area contributed by atoms with Crippen LogP contribution in [-0.4, -0.2) is 14.7 Å². The second-order valence-electron chi connectivity index (χ2n) is 12.1. The Hall–Kier alpha value is 0.770. The Bertz CT molecular complexity index is 747. The highest BCUT2D eigenvalue weighted by molar-refractivity contribution is 8.09. The van der Waals surface area contributed by atoms with Crippen LogP contribution in [0.5, 0.6) is 0 Å². The quantitative estimate of drug-likeness (QED) is 0.391. The van der Waals surface area contributed by atoms with E-state index in [1.165, 1.54) is 51.4 Å². The first-order valence-corrected chi connectivity index (χ1v) is 16.4. The van der Waals surface area contributed by atoms with E-state index < -0.39 is 0 Å². The molecule has 0 aromatic heterocycles. The molecule has 4 atom stereocenters. The van der Waals surface area contributed by atoms with Crippen molar-refractivity contribution in [2.75, 3.05) is 0 Å². The summed E-state index contributed by atoms with van der Waals surface area (Å²) < 4.78 is 0. The molecular weight excluding hydrogens is 393 g/mol. The van der Waals surface area contributed by atoms with Gasteiger partial charge in [-0.25, -0.2) is 0 Å². The summed E-state index contributed by atoms with van der Waals surface area (Å²) in [7, 11) is 0.194. The van der Waals surface area contributed by atoms with E-state index in [-0.39, 0.29) is 23.8 Å². The van der Waals surface area contributed by atoms with Crippen LogP contribution >= 0.6 is 23.8 Å². The minimum absolute atomic E-state index is 0.0362. The summed E-state index contributed by atoms with van der Waals surface area (Å²) >= 11 is 0. The molecule has 6 bridgehead atoms. The van der Waals surface area contributed by atoms with Crippen LogP contribution in [0.3, 0.4) is 0 Å². The summed E-state index contributed by atoms with van der Waals surface area (Å²) in [4.78, 5) is 2.14. The van der Waals surface area contributed by atoms with E-state index in [1.807, 2.05) is 0 Å². The Kier molecular flexibility index (Phi) is 3.42. The number of hydrogen-bond donors (Lipinski definition) is 0. The molecule has 8 rings (SSSR count). The molecule has 0 N–H and O–H groups in total. The molecule has 3 heteroatoms. The Morgan fingerprint density at radius 1 is 0.500 bits per heavy atom. The van der Waals surface area contributed by atoms with Crippen LogP contribution in [0.15, 0.2) is 23.5 Å². The topological polar surface area (TPSA) is 0 Å². The van der Waals surface area contributed by atoms with Crippen LogP contribution in [0, 0.1) is 16.2 Å². The summed E-state index contributed by atoms with van der Waals surface area (Å²) in [6, 6.07) is 0. The van der Waals surface area contributed by atoms with Gasteiger partial charge in [0.15, 0.2) is 0 Å². The van der Waals surface area contributed by atoms with Crippen molar-refractivity contribution in [3.8, 4) is 0 Å². The number of hydrogen-bond acceptors (Lipinski definition) is 0. The molecule has 5 fully saturated rings. The molecule has 8 aliphatic rings. The van der Waals surface area contributed by atoms with Crippen molar-refractivity contribution < 1.29 is 0 Å². The molecule has 0 radical (unpaired) electrons. The molecule has 2 saturated heterocycles. The first-order chi connectivity index (χ1) is 13.4. The maximum Gasteiger partial charge on any atom is 0.0428 e. The third kappa shape index (κ3) is 1.50. The summed E-state index contributed by atoms with van der Waals surface area (Å²) in [6.45, 7) is 8.38. The molecule has 0 aromatic carbocycles. The number of allylic oxidation sites excluding steroid dienone is 1. The monoisotopic (exact) mass is 430 g/mol. The molecule has 3 saturated carbocycles. The van der Waals surface area contributed by atoms with Gasteiger partial charge in [-0.1, -0.05) is 107 Å². The van der Waals surface area contributed by atoms with Gasteiger partial charge in [-0.3, -0.25) is 0 Å². The molecule has 5 heterocycles. The minimum Gasteiger partial charge on any atom is -0.0681 e. The van der Waals surface area contributed by atoms with Crippen molar-refractivity contribution in [1.82, 2.24) is 0 Å². The largest absolute Gasteiger partial charge is 0.0681 e. The van der Waals surface area contributed by atoms with E-state index in [0.29, 0.717) is 21.1 Å². The lowest BCUT2D eigenvalue weighted by Gasteiger charge is -2.54. The van der Waals surface area contributed by atoms with Gasteiger partial charge in [-0.2, -0.15) is 0 Å². The summed E-state index contributed by atoms with van der Waals surface area (Å²) in [6.07, 6.45) is 21.3. The standard InChI is InChI=1S/C25H37P3/c1-20(10-4-5-11-20)23-16-17-28-24(21(2)12-6-7-13-21)25(28,22(3)14-8-9-15-22)27(23)19-18-26(23)24/h16-19H,4-15H2,1-3H3. The average molecular weight is 430 g/mol. The Morgan fingerprint density at radius 2 is 0.893 bits per heavy atom. The van der Waals surface area contributed by atoms with E-state index in [9.17, 15) is 0 Å². The van der Waals surface area contributed by atoms with E-state index >= 15 is 0 Å². The minimum atomic E-state index is 0.0362. The van der Waals surface area contributed by atoms with Crippen LogP contribution in [-0.2, 0) is 0 Å². The van der Waals surface area contributed by atoms with Gasteiger partial charge in [0, 0.05) is 14.7 Å². The highest BCUT2D eigenvalue weighted by Crippen LogP contribution is 3.22. The Balaban J connectivity index is 1.50. The smallest absolute Gasteiger partial charge is 0.0428 e. The summed E-state index contributed by atoms with van der Waals surface area (Å²) in [5.74, 6) is 8.77. The van der Waals surface area contributed by atoms with Gasteiger partial charge in [-0.15, -0.1) is 0 Å². The second-order valence-corrected chi connectivity index (χ2v) is 20.4. The molecule has 152 valence electrons. The van der Waals surface area contributed by atoms with Crippen molar-refractivity contribution in [1.29, 1.82) is 0 Å². The fraction of sp³-hybridized carbons (Fsp3) is 0.840. The summed E-state index contributed by atoms with van der Waals surface area (Å²) in [5, 5.41) is 0. The summed E-state index contributed by atoms with van der Waals surface area (Å²) in [5.41, 5.74) is 1.95. The van der Waals surface area contributed by atoms with Crippen molar-refractivity contribution in [2.45, 2.75) is 113 Å². The zero-order valence-corrected chi connectivity index (χ0v) is 20.8. The zero-order valence-electron chi connectivity index (χ0n) is 18.1. The van der Waals surface area contributed by atoms with Crippen molar-refractivity contribution in [2.24, 2.45) is 16.2 Å². The average Bonchev–Trinajstić information content (AvgIpc) is 3.32. The van der Waals surface area contributed by atoms with E-state index in [0.717, 1.165) is 9.79 Å². The second kappa shape index (κ2) is 5.22. The predicted octanol–water partition coefficient (Wildman–Crippen LogP) is 9.30. The molecular formula is C25H37P3. The fourth-order valence-electron chi connectivity index (χ4n) is 9.98. The first kappa shape index (κ1) is 18.4. The van der Waals surface area contributed by atoms with E-state index in [4.69, 9.17) is 0 Å². The maximum absolute atomic E-state index is 2.94. The Labute approximate surface area is 176 Å². The van der Waals surface area contributed by atoms with Crippen molar-refractivity contribution >= 4 is 23.8 Å². The molecule has 3 aliphatic carbocycles. The molecule has 0 nitrogen and oxygen atoms in total. The third-order valence-corrected chi connectivity index (χ3v) is 26.0. The van der Waals surface area contributed by atoms with E-state index in [1.54, 1.807) is 25.7 Å². The van der Waals surface area contributed by atoms with Gasteiger partial charge in [0.2, 0.25) is 0 Å². The van der Waals surface area contributed by atoms with E-state index in [2.05, 4.69) is 44.3 Å². The molecule has 0 amide bonds. The molecule has 4 unspecified atom stereocenters. The van der Waals surface area contributed by atoms with Crippen molar-refractivity contribution in [3.05, 3.63) is 23.5 Å². The SMILES string of the molecule is CC1(C23C=CP4C5(C6(C)CCCC6)P2C=CP3C45C2(C)CCCC2)CCCC1.